The Balaban J connectivity index is 1.64. The molecule has 0 spiro atoms. The van der Waals surface area contributed by atoms with Gasteiger partial charge in [-0.05, 0) is 71.8 Å². The Morgan fingerprint density at radius 1 is 1.06 bits per heavy atom. The first kappa shape index (κ1) is 25.4. The van der Waals surface area contributed by atoms with E-state index >= 15 is 0 Å². The van der Waals surface area contributed by atoms with E-state index in [2.05, 4.69) is 5.32 Å². The molecule has 5 nitrogen and oxygen atoms in total. The fraction of sp³-hybridized carbons (Fsp3) is 0.333. The number of carbonyl (C=O) groups is 2. The van der Waals surface area contributed by atoms with Crippen molar-refractivity contribution in [3.05, 3.63) is 95.3 Å². The predicted octanol–water partition coefficient (Wildman–Crippen LogP) is 6.14. The van der Waals surface area contributed by atoms with Gasteiger partial charge >= 0.3 is 0 Å². The second kappa shape index (κ2) is 11.4. The van der Waals surface area contributed by atoms with Crippen LogP contribution in [-0.4, -0.2) is 29.4 Å². The van der Waals surface area contributed by atoms with E-state index in [1.165, 1.54) is 12.1 Å². The summed E-state index contributed by atoms with van der Waals surface area (Å²) in [6.07, 6.45) is 0.937. The van der Waals surface area contributed by atoms with Gasteiger partial charge in [0, 0.05) is 18.7 Å². The van der Waals surface area contributed by atoms with Gasteiger partial charge in [0.1, 0.15) is 11.6 Å². The summed E-state index contributed by atoms with van der Waals surface area (Å²) in [6, 6.07) is 21.0. The molecule has 2 atom stereocenters. The number of benzene rings is 3. The van der Waals surface area contributed by atoms with Crippen molar-refractivity contribution >= 4 is 17.5 Å². The lowest BCUT2D eigenvalue weighted by molar-refractivity contribution is -0.134. The van der Waals surface area contributed by atoms with Crippen molar-refractivity contribution in [3.8, 4) is 5.75 Å². The lowest BCUT2D eigenvalue weighted by Crippen LogP contribution is -2.41. The van der Waals surface area contributed by atoms with Crippen molar-refractivity contribution < 1.29 is 18.7 Å². The van der Waals surface area contributed by atoms with Crippen LogP contribution in [-0.2, 0) is 16.0 Å². The molecule has 2 amide bonds. The van der Waals surface area contributed by atoms with Crippen LogP contribution < -0.4 is 10.1 Å². The minimum absolute atomic E-state index is 0.0462. The van der Waals surface area contributed by atoms with Gasteiger partial charge in [0.05, 0.1) is 6.04 Å². The van der Waals surface area contributed by atoms with Crippen LogP contribution in [0.5, 0.6) is 5.75 Å². The van der Waals surface area contributed by atoms with Gasteiger partial charge in [0.25, 0.3) is 5.91 Å². The third kappa shape index (κ3) is 5.93. The van der Waals surface area contributed by atoms with Crippen molar-refractivity contribution in [3.63, 3.8) is 0 Å². The van der Waals surface area contributed by atoms with Crippen LogP contribution in [0.15, 0.2) is 72.8 Å². The maximum atomic E-state index is 14.2. The largest absolute Gasteiger partial charge is 0.481 e. The van der Waals surface area contributed by atoms with Crippen molar-refractivity contribution in [1.82, 2.24) is 4.90 Å². The number of hydrogen-bond donors (Lipinski definition) is 1. The molecule has 0 bridgehead atoms. The second-order valence-electron chi connectivity index (χ2n) is 9.62. The maximum absolute atomic E-state index is 14.2. The number of nitrogens with one attached hydrogen (secondary N) is 1. The Morgan fingerprint density at radius 2 is 1.83 bits per heavy atom. The van der Waals surface area contributed by atoms with Gasteiger partial charge < -0.3 is 15.0 Å². The number of hydrogen-bond acceptors (Lipinski definition) is 3. The zero-order chi connectivity index (χ0) is 25.7. The summed E-state index contributed by atoms with van der Waals surface area (Å²) in [4.78, 5) is 27.9. The predicted molar refractivity (Wildman–Crippen MR) is 139 cm³/mol. The van der Waals surface area contributed by atoms with E-state index in [1.807, 2.05) is 80.3 Å². The molecule has 3 aromatic rings. The molecule has 0 unspecified atom stereocenters. The van der Waals surface area contributed by atoms with Crippen molar-refractivity contribution in [1.29, 1.82) is 0 Å². The van der Waals surface area contributed by atoms with E-state index in [0.29, 0.717) is 37.2 Å². The number of ether oxygens (including phenoxy) is 1. The minimum Gasteiger partial charge on any atom is -0.481 e. The average Bonchev–Trinajstić information content (AvgIpc) is 2.86. The van der Waals surface area contributed by atoms with Crippen LogP contribution in [0.2, 0.25) is 0 Å². The van der Waals surface area contributed by atoms with Gasteiger partial charge in [-0.3, -0.25) is 9.59 Å². The normalized spacial score (nSPS) is 15.8. The van der Waals surface area contributed by atoms with Crippen LogP contribution >= 0.6 is 0 Å². The molecule has 36 heavy (non-hydrogen) atoms. The Labute approximate surface area is 212 Å². The topological polar surface area (TPSA) is 58.6 Å². The van der Waals surface area contributed by atoms with Gasteiger partial charge in [0.15, 0.2) is 6.10 Å². The highest BCUT2D eigenvalue weighted by Crippen LogP contribution is 2.38. The number of amides is 2. The second-order valence-corrected chi connectivity index (χ2v) is 9.62. The lowest BCUT2D eigenvalue weighted by Gasteiger charge is -2.38. The van der Waals surface area contributed by atoms with Crippen LogP contribution in [0.1, 0.15) is 56.3 Å². The number of nitrogens with zero attached hydrogens (tertiary/aromatic N) is 1. The highest BCUT2D eigenvalue weighted by atomic mass is 19.1. The summed E-state index contributed by atoms with van der Waals surface area (Å²) in [5, 5.41) is 2.90. The summed E-state index contributed by atoms with van der Waals surface area (Å²) < 4.78 is 20.4. The molecular formula is C30H33FN2O3. The molecule has 1 aliphatic rings. The molecule has 188 valence electrons. The molecule has 0 fully saturated rings. The van der Waals surface area contributed by atoms with Gasteiger partial charge in [-0.25, -0.2) is 4.39 Å². The zero-order valence-corrected chi connectivity index (χ0v) is 21.0. The number of halogens is 1. The maximum Gasteiger partial charge on any atom is 0.265 e. The molecular weight excluding hydrogens is 455 g/mol. The smallest absolute Gasteiger partial charge is 0.265 e. The van der Waals surface area contributed by atoms with Gasteiger partial charge in [-0.1, -0.05) is 57.2 Å². The lowest BCUT2D eigenvalue weighted by atomic mass is 9.87. The molecule has 4 rings (SSSR count). The molecule has 3 aromatic carbocycles. The van der Waals surface area contributed by atoms with E-state index in [-0.39, 0.29) is 23.5 Å². The van der Waals surface area contributed by atoms with Crippen LogP contribution in [0.3, 0.4) is 0 Å². The third-order valence-corrected chi connectivity index (χ3v) is 6.40. The summed E-state index contributed by atoms with van der Waals surface area (Å²) >= 11 is 0. The van der Waals surface area contributed by atoms with Crippen LogP contribution in [0.4, 0.5) is 10.1 Å². The molecule has 6 heteroatoms. The number of carbonyl (C=O) groups excluding carboxylic acids is 2. The molecule has 1 heterocycles. The molecule has 0 aliphatic carbocycles. The van der Waals surface area contributed by atoms with E-state index in [4.69, 9.17) is 4.74 Å². The van der Waals surface area contributed by atoms with Crippen LogP contribution in [0.25, 0.3) is 0 Å². The van der Waals surface area contributed by atoms with Gasteiger partial charge in [-0.15, -0.1) is 0 Å². The summed E-state index contributed by atoms with van der Waals surface area (Å²) in [6.45, 7) is 6.50. The van der Waals surface area contributed by atoms with Gasteiger partial charge in [0.2, 0.25) is 5.91 Å². The first-order valence-electron chi connectivity index (χ1n) is 12.6. The number of rotatable bonds is 8. The summed E-state index contributed by atoms with van der Waals surface area (Å²) in [5.41, 5.74) is 3.42. The van der Waals surface area contributed by atoms with Gasteiger partial charge in [-0.2, -0.15) is 0 Å². The zero-order valence-electron chi connectivity index (χ0n) is 21.0. The highest BCUT2D eigenvalue weighted by Gasteiger charge is 2.33. The Kier molecular flexibility index (Phi) is 8.04. The Hall–Kier alpha value is -3.67. The van der Waals surface area contributed by atoms with E-state index < -0.39 is 12.1 Å². The highest BCUT2D eigenvalue weighted by molar-refractivity contribution is 5.94. The van der Waals surface area contributed by atoms with E-state index in [1.54, 1.807) is 6.07 Å². The first-order chi connectivity index (χ1) is 17.4. The Bertz CT molecular complexity index is 1210. The monoisotopic (exact) mass is 488 g/mol. The first-order valence-corrected chi connectivity index (χ1v) is 12.6. The Morgan fingerprint density at radius 3 is 2.53 bits per heavy atom. The number of para-hydroxylation sites is 1. The van der Waals surface area contributed by atoms with Crippen molar-refractivity contribution in [2.75, 3.05) is 11.9 Å². The van der Waals surface area contributed by atoms with E-state index in [0.717, 1.165) is 16.7 Å². The minimum atomic E-state index is -0.682. The summed E-state index contributed by atoms with van der Waals surface area (Å²) in [7, 11) is 0. The molecule has 1 aliphatic heterocycles. The fourth-order valence-corrected chi connectivity index (χ4v) is 4.67. The molecule has 1 N–H and O–H groups in total. The van der Waals surface area contributed by atoms with E-state index in [9.17, 15) is 14.0 Å². The molecule has 0 radical (unpaired) electrons. The SMILES string of the molecule is CC[C@H](Oc1ccc2c(c1)[C@@H](c1cccc(F)c1)N(C(=O)CC(C)C)CC2)C(=O)Nc1ccccc1. The molecule has 0 aromatic heterocycles. The standard InChI is InChI=1S/C30H33FN2O3/c1-4-27(30(35)32-24-11-6-5-7-12-24)36-25-14-13-21-15-16-33(28(34)17-20(2)3)29(26(21)19-25)22-9-8-10-23(31)18-22/h5-14,18-20,27,29H,4,15-17H2,1-3H3,(H,32,35)/t27-,29+/m0/s1. The summed E-state index contributed by atoms with van der Waals surface area (Å²) in [5.74, 6) is 0.243. The fourth-order valence-electron chi connectivity index (χ4n) is 4.67. The molecule has 0 saturated carbocycles. The van der Waals surface area contributed by atoms with Crippen molar-refractivity contribution in [2.24, 2.45) is 5.92 Å². The number of fused-ring (bicyclic) bond motifs is 1. The third-order valence-electron chi connectivity index (χ3n) is 6.40. The average molecular weight is 489 g/mol. The van der Waals surface area contributed by atoms with Crippen molar-refractivity contribution in [2.45, 2.75) is 52.2 Å². The molecule has 0 saturated heterocycles. The quantitative estimate of drug-likeness (QED) is 0.414. The number of anilines is 1. The van der Waals surface area contributed by atoms with Crippen LogP contribution in [0, 0.1) is 11.7 Å².